The van der Waals surface area contributed by atoms with Crippen LogP contribution < -0.4 is 4.74 Å². The quantitative estimate of drug-likeness (QED) is 0.802. The second-order valence-electron chi connectivity index (χ2n) is 4.03. The lowest BCUT2D eigenvalue weighted by molar-refractivity contribution is 0.251. The van der Waals surface area contributed by atoms with E-state index in [1.165, 1.54) is 0 Å². The Labute approximate surface area is 99.8 Å². The van der Waals surface area contributed by atoms with Crippen molar-refractivity contribution < 1.29 is 9.84 Å². The molecule has 2 heteroatoms. The van der Waals surface area contributed by atoms with Crippen LogP contribution >= 0.6 is 0 Å². The van der Waals surface area contributed by atoms with Gasteiger partial charge in [0.25, 0.3) is 0 Å². The first kappa shape index (κ1) is 9.97. The van der Waals surface area contributed by atoms with E-state index >= 15 is 0 Å². The van der Waals surface area contributed by atoms with Crippen molar-refractivity contribution in [3.63, 3.8) is 0 Å². The number of hydrogen-bond acceptors (Lipinski definition) is 2. The highest BCUT2D eigenvalue weighted by molar-refractivity contribution is 5.62. The second-order valence-corrected chi connectivity index (χ2v) is 4.03. The average Bonchev–Trinajstić information content (AvgIpc) is 2.39. The van der Waals surface area contributed by atoms with Crippen LogP contribution in [0.1, 0.15) is 17.2 Å². The van der Waals surface area contributed by atoms with Crippen LogP contribution in [0.2, 0.25) is 0 Å². The fourth-order valence-corrected chi connectivity index (χ4v) is 1.96. The number of benzene rings is 2. The third-order valence-corrected chi connectivity index (χ3v) is 2.83. The summed E-state index contributed by atoms with van der Waals surface area (Å²) < 4.78 is 5.88. The molecule has 0 saturated carbocycles. The summed E-state index contributed by atoms with van der Waals surface area (Å²) in [5.41, 5.74) is 2.04. The van der Waals surface area contributed by atoms with Crippen molar-refractivity contribution in [2.24, 2.45) is 0 Å². The normalized spacial score (nSPS) is 17.3. The molecule has 0 aliphatic carbocycles. The molecular formula is C15H12O2. The van der Waals surface area contributed by atoms with E-state index in [-0.39, 0.29) is 11.9 Å². The van der Waals surface area contributed by atoms with Crippen molar-refractivity contribution in [3.8, 4) is 11.5 Å². The molecule has 0 saturated heterocycles. The summed E-state index contributed by atoms with van der Waals surface area (Å²) in [6.45, 7) is 0. The van der Waals surface area contributed by atoms with E-state index in [4.69, 9.17) is 4.74 Å². The third kappa shape index (κ3) is 1.89. The van der Waals surface area contributed by atoms with Gasteiger partial charge in [-0.15, -0.1) is 0 Å². The number of fused-ring (bicyclic) bond motifs is 1. The van der Waals surface area contributed by atoms with Crippen LogP contribution in [0.15, 0.2) is 54.6 Å². The Bertz CT molecular complexity index is 558. The summed E-state index contributed by atoms with van der Waals surface area (Å²) in [5, 5.41) is 9.38. The minimum atomic E-state index is -0.0479. The van der Waals surface area contributed by atoms with Crippen LogP contribution in [0.5, 0.6) is 11.5 Å². The van der Waals surface area contributed by atoms with Gasteiger partial charge in [-0.05, 0) is 29.8 Å². The van der Waals surface area contributed by atoms with Gasteiger partial charge >= 0.3 is 0 Å². The van der Waals surface area contributed by atoms with Gasteiger partial charge in [-0.25, -0.2) is 0 Å². The molecule has 0 bridgehead atoms. The van der Waals surface area contributed by atoms with Crippen LogP contribution in [-0.4, -0.2) is 5.11 Å². The monoisotopic (exact) mass is 224 g/mol. The van der Waals surface area contributed by atoms with Gasteiger partial charge in [-0.2, -0.15) is 0 Å². The standard InChI is InChI=1S/C15H12O2/c16-13-7-9-15-12(10-13)6-8-14(17-15)11-4-2-1-3-5-11/h1-10,14,16H/t14-/m1/s1. The molecule has 17 heavy (non-hydrogen) atoms. The molecule has 0 unspecified atom stereocenters. The molecule has 0 amide bonds. The summed E-state index contributed by atoms with van der Waals surface area (Å²) in [6, 6.07) is 15.2. The minimum Gasteiger partial charge on any atom is -0.508 e. The lowest BCUT2D eigenvalue weighted by Crippen LogP contribution is -2.08. The molecule has 1 atom stereocenters. The van der Waals surface area contributed by atoms with Gasteiger partial charge in [0.15, 0.2) is 0 Å². The number of rotatable bonds is 1. The largest absolute Gasteiger partial charge is 0.508 e. The molecule has 1 N–H and O–H groups in total. The van der Waals surface area contributed by atoms with Gasteiger partial charge < -0.3 is 9.84 Å². The molecular weight excluding hydrogens is 212 g/mol. The molecule has 2 nitrogen and oxygen atoms in total. The molecule has 1 aliphatic rings. The van der Waals surface area contributed by atoms with Gasteiger partial charge in [0.1, 0.15) is 17.6 Å². The van der Waals surface area contributed by atoms with Gasteiger partial charge in [0, 0.05) is 5.56 Å². The molecule has 0 spiro atoms. The van der Waals surface area contributed by atoms with Crippen molar-refractivity contribution in [1.82, 2.24) is 0 Å². The first-order valence-electron chi connectivity index (χ1n) is 5.56. The lowest BCUT2D eigenvalue weighted by Gasteiger charge is -2.21. The molecule has 0 fully saturated rings. The van der Waals surface area contributed by atoms with Crippen LogP contribution in [0.25, 0.3) is 6.08 Å². The van der Waals surface area contributed by atoms with E-state index in [0.717, 1.165) is 16.9 Å². The Morgan fingerprint density at radius 1 is 1.00 bits per heavy atom. The average molecular weight is 224 g/mol. The molecule has 2 aromatic rings. The van der Waals surface area contributed by atoms with Gasteiger partial charge in [0.2, 0.25) is 0 Å². The van der Waals surface area contributed by atoms with Crippen LogP contribution in [0, 0.1) is 0 Å². The fourth-order valence-electron chi connectivity index (χ4n) is 1.96. The van der Waals surface area contributed by atoms with E-state index < -0.39 is 0 Å². The zero-order chi connectivity index (χ0) is 11.7. The Morgan fingerprint density at radius 2 is 1.82 bits per heavy atom. The third-order valence-electron chi connectivity index (χ3n) is 2.83. The first-order valence-corrected chi connectivity index (χ1v) is 5.56. The minimum absolute atomic E-state index is 0.0479. The SMILES string of the molecule is Oc1ccc2c(c1)C=C[C@H](c1ccccc1)O2. The maximum Gasteiger partial charge on any atom is 0.142 e. The highest BCUT2D eigenvalue weighted by atomic mass is 16.5. The smallest absolute Gasteiger partial charge is 0.142 e. The molecule has 1 aliphatic heterocycles. The van der Waals surface area contributed by atoms with Crippen LogP contribution in [0.3, 0.4) is 0 Å². The summed E-state index contributed by atoms with van der Waals surface area (Å²) in [7, 11) is 0. The summed E-state index contributed by atoms with van der Waals surface area (Å²) >= 11 is 0. The van der Waals surface area contributed by atoms with Crippen molar-refractivity contribution in [3.05, 3.63) is 65.7 Å². The predicted octanol–water partition coefficient (Wildman–Crippen LogP) is 3.54. The highest BCUT2D eigenvalue weighted by Crippen LogP contribution is 2.34. The number of phenolic OH excluding ortho intramolecular Hbond substituents is 1. The molecule has 3 rings (SSSR count). The van der Waals surface area contributed by atoms with Gasteiger partial charge in [-0.1, -0.05) is 36.4 Å². The Hall–Kier alpha value is -2.22. The van der Waals surface area contributed by atoms with Crippen molar-refractivity contribution in [1.29, 1.82) is 0 Å². The van der Waals surface area contributed by atoms with Crippen LogP contribution in [0.4, 0.5) is 0 Å². The fraction of sp³-hybridized carbons (Fsp3) is 0.0667. The van der Waals surface area contributed by atoms with E-state index in [1.807, 2.05) is 42.5 Å². The summed E-state index contributed by atoms with van der Waals surface area (Å²) in [5.74, 6) is 1.06. The Kier molecular flexibility index (Phi) is 2.33. The maximum absolute atomic E-state index is 9.38. The number of aromatic hydroxyl groups is 1. The van der Waals surface area contributed by atoms with E-state index in [0.29, 0.717) is 0 Å². The molecule has 84 valence electrons. The van der Waals surface area contributed by atoms with E-state index in [9.17, 15) is 5.11 Å². The first-order chi connectivity index (χ1) is 8.33. The lowest BCUT2D eigenvalue weighted by atomic mass is 10.0. The second kappa shape index (κ2) is 3.98. The number of hydrogen-bond donors (Lipinski definition) is 1. The van der Waals surface area contributed by atoms with Gasteiger partial charge in [0.05, 0.1) is 0 Å². The zero-order valence-corrected chi connectivity index (χ0v) is 9.21. The number of phenols is 1. The topological polar surface area (TPSA) is 29.5 Å². The van der Waals surface area contributed by atoms with E-state index in [1.54, 1.807) is 18.2 Å². The molecule has 0 aromatic heterocycles. The maximum atomic E-state index is 9.38. The summed E-state index contributed by atoms with van der Waals surface area (Å²) in [4.78, 5) is 0. The number of ether oxygens (including phenoxy) is 1. The zero-order valence-electron chi connectivity index (χ0n) is 9.21. The Morgan fingerprint density at radius 3 is 2.65 bits per heavy atom. The molecule has 0 radical (unpaired) electrons. The van der Waals surface area contributed by atoms with Gasteiger partial charge in [-0.3, -0.25) is 0 Å². The van der Waals surface area contributed by atoms with Crippen molar-refractivity contribution >= 4 is 6.08 Å². The Balaban J connectivity index is 1.94. The van der Waals surface area contributed by atoms with Crippen molar-refractivity contribution in [2.45, 2.75) is 6.10 Å². The van der Waals surface area contributed by atoms with Crippen LogP contribution in [-0.2, 0) is 0 Å². The van der Waals surface area contributed by atoms with Crippen molar-refractivity contribution in [2.75, 3.05) is 0 Å². The molecule has 1 heterocycles. The van der Waals surface area contributed by atoms with E-state index in [2.05, 4.69) is 0 Å². The highest BCUT2D eigenvalue weighted by Gasteiger charge is 2.16. The predicted molar refractivity (Wildman–Crippen MR) is 67.0 cm³/mol. The molecule has 2 aromatic carbocycles. The summed E-state index contributed by atoms with van der Waals surface area (Å²) in [6.07, 6.45) is 3.93.